The average Bonchev–Trinajstić information content (AvgIpc) is 2.28. The van der Waals surface area contributed by atoms with Gasteiger partial charge < -0.3 is 5.73 Å². The molecule has 1 atom stereocenters. The number of hydrogen-bond acceptors (Lipinski definition) is 1. The summed E-state index contributed by atoms with van der Waals surface area (Å²) in [5.41, 5.74) is 10.0. The Morgan fingerprint density at radius 1 is 1.31 bits per heavy atom. The smallest absolute Gasteiger partial charge is 0.00791 e. The molecule has 1 aromatic carbocycles. The zero-order valence-electron chi connectivity index (χ0n) is 10.5. The number of benzene rings is 1. The molecule has 2 N–H and O–H groups in total. The standard InChI is InChI=1S/C15H23N/c1-4-12(2)11-15(16)10-9-14-7-5-13(3)6-8-14/h5-8,15H,2,4,9-11,16H2,1,3H3. The van der Waals surface area contributed by atoms with E-state index in [4.69, 9.17) is 5.73 Å². The molecule has 0 aliphatic carbocycles. The van der Waals surface area contributed by atoms with Crippen LogP contribution < -0.4 is 5.73 Å². The van der Waals surface area contributed by atoms with Crippen molar-refractivity contribution in [3.05, 3.63) is 47.5 Å². The van der Waals surface area contributed by atoms with Gasteiger partial charge in [0.15, 0.2) is 0 Å². The van der Waals surface area contributed by atoms with Crippen molar-refractivity contribution >= 4 is 0 Å². The fourth-order valence-corrected chi connectivity index (χ4v) is 1.72. The van der Waals surface area contributed by atoms with E-state index in [-0.39, 0.29) is 6.04 Å². The number of hydrogen-bond donors (Lipinski definition) is 1. The minimum Gasteiger partial charge on any atom is -0.327 e. The third-order valence-electron chi connectivity index (χ3n) is 2.98. The molecule has 0 aliphatic rings. The molecule has 1 unspecified atom stereocenters. The zero-order chi connectivity index (χ0) is 12.0. The van der Waals surface area contributed by atoms with Crippen LogP contribution in [-0.4, -0.2) is 6.04 Å². The summed E-state index contributed by atoms with van der Waals surface area (Å²) in [5, 5.41) is 0. The second kappa shape index (κ2) is 6.49. The Morgan fingerprint density at radius 3 is 2.50 bits per heavy atom. The highest BCUT2D eigenvalue weighted by Crippen LogP contribution is 2.11. The Morgan fingerprint density at radius 2 is 1.94 bits per heavy atom. The van der Waals surface area contributed by atoms with Gasteiger partial charge >= 0.3 is 0 Å². The summed E-state index contributed by atoms with van der Waals surface area (Å²) >= 11 is 0. The van der Waals surface area contributed by atoms with Crippen LogP contribution in [0.2, 0.25) is 0 Å². The normalized spacial score (nSPS) is 12.4. The lowest BCUT2D eigenvalue weighted by atomic mass is 9.99. The molecular formula is C15H23N. The molecule has 16 heavy (non-hydrogen) atoms. The third-order valence-corrected chi connectivity index (χ3v) is 2.98. The predicted octanol–water partition coefficient (Wildman–Crippen LogP) is 3.61. The molecule has 0 spiro atoms. The third kappa shape index (κ3) is 4.63. The van der Waals surface area contributed by atoms with Crippen molar-refractivity contribution in [2.24, 2.45) is 5.73 Å². The van der Waals surface area contributed by atoms with Crippen LogP contribution in [0.4, 0.5) is 0 Å². The van der Waals surface area contributed by atoms with Crippen molar-refractivity contribution < 1.29 is 0 Å². The molecule has 0 heterocycles. The van der Waals surface area contributed by atoms with E-state index in [0.717, 1.165) is 25.7 Å². The maximum absolute atomic E-state index is 6.07. The van der Waals surface area contributed by atoms with Gasteiger partial charge in [0.1, 0.15) is 0 Å². The second-order valence-corrected chi connectivity index (χ2v) is 4.59. The van der Waals surface area contributed by atoms with Gasteiger partial charge in [0.25, 0.3) is 0 Å². The molecule has 1 rings (SSSR count). The van der Waals surface area contributed by atoms with E-state index in [2.05, 4.69) is 44.7 Å². The number of nitrogens with two attached hydrogens (primary N) is 1. The highest BCUT2D eigenvalue weighted by Gasteiger charge is 2.04. The minimum atomic E-state index is 0.258. The van der Waals surface area contributed by atoms with Gasteiger partial charge in [-0.15, -0.1) is 0 Å². The topological polar surface area (TPSA) is 26.0 Å². The van der Waals surface area contributed by atoms with Crippen LogP contribution in [-0.2, 0) is 6.42 Å². The summed E-state index contributed by atoms with van der Waals surface area (Å²) in [7, 11) is 0. The zero-order valence-corrected chi connectivity index (χ0v) is 10.5. The largest absolute Gasteiger partial charge is 0.327 e. The van der Waals surface area contributed by atoms with E-state index in [0.29, 0.717) is 0 Å². The lowest BCUT2D eigenvalue weighted by Crippen LogP contribution is -2.21. The summed E-state index contributed by atoms with van der Waals surface area (Å²) in [6.45, 7) is 8.25. The van der Waals surface area contributed by atoms with Gasteiger partial charge in [-0.05, 0) is 38.2 Å². The summed E-state index contributed by atoms with van der Waals surface area (Å²) in [5.74, 6) is 0. The summed E-state index contributed by atoms with van der Waals surface area (Å²) in [6, 6.07) is 8.96. The Hall–Kier alpha value is -1.08. The van der Waals surface area contributed by atoms with Crippen molar-refractivity contribution in [3.8, 4) is 0 Å². The molecule has 0 aliphatic heterocycles. The molecule has 1 aromatic rings. The maximum atomic E-state index is 6.07. The lowest BCUT2D eigenvalue weighted by Gasteiger charge is -2.12. The molecule has 0 radical (unpaired) electrons. The molecule has 0 amide bonds. The van der Waals surface area contributed by atoms with Crippen LogP contribution in [0.15, 0.2) is 36.4 Å². The van der Waals surface area contributed by atoms with Crippen LogP contribution in [0.1, 0.15) is 37.3 Å². The second-order valence-electron chi connectivity index (χ2n) is 4.59. The van der Waals surface area contributed by atoms with Crippen molar-refractivity contribution in [3.63, 3.8) is 0 Å². The van der Waals surface area contributed by atoms with E-state index in [1.807, 2.05) is 0 Å². The van der Waals surface area contributed by atoms with Gasteiger partial charge in [0.05, 0.1) is 0 Å². The highest BCUT2D eigenvalue weighted by atomic mass is 14.6. The van der Waals surface area contributed by atoms with E-state index >= 15 is 0 Å². The Bertz CT molecular complexity index is 324. The predicted molar refractivity (Wildman–Crippen MR) is 71.5 cm³/mol. The fourth-order valence-electron chi connectivity index (χ4n) is 1.72. The molecule has 1 heteroatoms. The highest BCUT2D eigenvalue weighted by molar-refractivity contribution is 5.21. The quantitative estimate of drug-likeness (QED) is 0.724. The van der Waals surface area contributed by atoms with Crippen LogP contribution >= 0.6 is 0 Å². The summed E-state index contributed by atoms with van der Waals surface area (Å²) in [6.07, 6.45) is 4.11. The first-order valence-electron chi connectivity index (χ1n) is 6.09. The first kappa shape index (κ1) is 13.0. The first-order chi connectivity index (χ1) is 7.61. The molecular weight excluding hydrogens is 194 g/mol. The van der Waals surface area contributed by atoms with Crippen LogP contribution in [0, 0.1) is 6.92 Å². The van der Waals surface area contributed by atoms with Gasteiger partial charge in [0, 0.05) is 6.04 Å². The van der Waals surface area contributed by atoms with E-state index in [9.17, 15) is 0 Å². The molecule has 0 aromatic heterocycles. The van der Waals surface area contributed by atoms with E-state index < -0.39 is 0 Å². The summed E-state index contributed by atoms with van der Waals surface area (Å²) < 4.78 is 0. The van der Waals surface area contributed by atoms with Crippen molar-refractivity contribution in [1.82, 2.24) is 0 Å². The van der Waals surface area contributed by atoms with E-state index in [1.54, 1.807) is 0 Å². The molecule has 0 fully saturated rings. The van der Waals surface area contributed by atoms with Gasteiger partial charge in [-0.25, -0.2) is 0 Å². The average molecular weight is 217 g/mol. The number of rotatable bonds is 6. The van der Waals surface area contributed by atoms with E-state index in [1.165, 1.54) is 16.7 Å². The number of aryl methyl sites for hydroxylation is 2. The molecule has 0 saturated heterocycles. The van der Waals surface area contributed by atoms with Gasteiger partial charge in [-0.1, -0.05) is 48.9 Å². The molecule has 1 nitrogen and oxygen atoms in total. The Kier molecular flexibility index (Phi) is 5.27. The van der Waals surface area contributed by atoms with Crippen molar-refractivity contribution in [2.75, 3.05) is 0 Å². The Balaban J connectivity index is 2.34. The molecule has 0 saturated carbocycles. The van der Waals surface area contributed by atoms with Gasteiger partial charge in [-0.2, -0.15) is 0 Å². The fraction of sp³-hybridized carbons (Fsp3) is 0.467. The van der Waals surface area contributed by atoms with Crippen LogP contribution in [0.5, 0.6) is 0 Å². The van der Waals surface area contributed by atoms with Crippen LogP contribution in [0.25, 0.3) is 0 Å². The van der Waals surface area contributed by atoms with Gasteiger partial charge in [-0.3, -0.25) is 0 Å². The van der Waals surface area contributed by atoms with Crippen molar-refractivity contribution in [2.45, 2.75) is 45.6 Å². The summed E-state index contributed by atoms with van der Waals surface area (Å²) in [4.78, 5) is 0. The lowest BCUT2D eigenvalue weighted by molar-refractivity contribution is 0.601. The van der Waals surface area contributed by atoms with Crippen LogP contribution in [0.3, 0.4) is 0 Å². The van der Waals surface area contributed by atoms with Crippen molar-refractivity contribution in [1.29, 1.82) is 0 Å². The SMILES string of the molecule is C=C(CC)CC(N)CCc1ccc(C)cc1. The maximum Gasteiger partial charge on any atom is 0.00791 e. The van der Waals surface area contributed by atoms with Gasteiger partial charge in [0.2, 0.25) is 0 Å². The monoisotopic (exact) mass is 217 g/mol. The molecule has 88 valence electrons. The first-order valence-corrected chi connectivity index (χ1v) is 6.09. The molecule has 0 bridgehead atoms. The minimum absolute atomic E-state index is 0.258. The Labute approximate surface area is 99.4 Å².